The van der Waals surface area contributed by atoms with E-state index in [4.69, 9.17) is 0 Å². The summed E-state index contributed by atoms with van der Waals surface area (Å²) in [7, 11) is 0. The molecule has 0 aliphatic heterocycles. The van der Waals surface area contributed by atoms with Crippen LogP contribution in [0.25, 0.3) is 0 Å². The minimum atomic E-state index is 0.545. The van der Waals surface area contributed by atoms with Crippen molar-refractivity contribution >= 4 is 11.6 Å². The quantitative estimate of drug-likeness (QED) is 0.719. The molecule has 0 amide bonds. The van der Waals surface area contributed by atoms with E-state index in [1.54, 1.807) is 0 Å². The lowest BCUT2D eigenvalue weighted by Crippen LogP contribution is -2.17. The van der Waals surface area contributed by atoms with Gasteiger partial charge >= 0.3 is 0 Å². The first-order valence-electron chi connectivity index (χ1n) is 8.07. The Morgan fingerprint density at radius 2 is 1.75 bits per heavy atom. The summed E-state index contributed by atoms with van der Waals surface area (Å²) in [6, 6.07) is 2.04. The van der Waals surface area contributed by atoms with Gasteiger partial charge in [0.2, 0.25) is 0 Å². The molecule has 0 atom stereocenters. The predicted octanol–water partition coefficient (Wildman–Crippen LogP) is 3.85. The molecule has 1 fully saturated rings. The lowest BCUT2D eigenvalue weighted by atomic mass is 10.0. The molecule has 1 aromatic rings. The van der Waals surface area contributed by atoms with Crippen LogP contribution in [0.1, 0.15) is 58.7 Å². The largest absolute Gasteiger partial charge is 0.370 e. The zero-order chi connectivity index (χ0) is 14.4. The average molecular weight is 276 g/mol. The molecule has 0 aromatic carbocycles. The van der Waals surface area contributed by atoms with E-state index < -0.39 is 0 Å². The molecule has 1 aliphatic rings. The van der Waals surface area contributed by atoms with Gasteiger partial charge in [-0.25, -0.2) is 9.97 Å². The summed E-state index contributed by atoms with van der Waals surface area (Å²) in [6.07, 6.45) is 7.30. The van der Waals surface area contributed by atoms with Gasteiger partial charge in [-0.2, -0.15) is 0 Å². The molecule has 112 valence electrons. The Bertz CT molecular complexity index is 426. The Hall–Kier alpha value is -1.32. The van der Waals surface area contributed by atoms with Gasteiger partial charge < -0.3 is 10.6 Å². The number of nitrogens with zero attached hydrogens (tertiary/aromatic N) is 2. The maximum Gasteiger partial charge on any atom is 0.132 e. The van der Waals surface area contributed by atoms with Crippen LogP contribution in [0, 0.1) is 5.41 Å². The van der Waals surface area contributed by atoms with E-state index in [0.717, 1.165) is 43.4 Å². The van der Waals surface area contributed by atoms with Crippen molar-refractivity contribution in [1.82, 2.24) is 9.97 Å². The molecule has 0 spiro atoms. The highest BCUT2D eigenvalue weighted by atomic mass is 15.1. The first-order chi connectivity index (χ1) is 9.71. The molecule has 1 heterocycles. The fourth-order valence-electron chi connectivity index (χ4n) is 2.59. The van der Waals surface area contributed by atoms with Crippen molar-refractivity contribution in [2.24, 2.45) is 5.41 Å². The molecule has 2 N–H and O–H groups in total. The summed E-state index contributed by atoms with van der Waals surface area (Å²) in [5.41, 5.74) is 0.545. The lowest BCUT2D eigenvalue weighted by molar-refractivity contribution is 0.485. The van der Waals surface area contributed by atoms with E-state index in [1.165, 1.54) is 25.7 Å². The monoisotopic (exact) mass is 276 g/mol. The summed E-state index contributed by atoms with van der Waals surface area (Å²) in [5, 5.41) is 6.89. The standard InChI is InChI=1S/C16H28N4/c1-4-7-16(8-9-16)12-18-15-11-14(17-10-5-2)19-13(6-3)20-15/h11H,4-10,12H2,1-3H3,(H2,17,18,19,20). The van der Waals surface area contributed by atoms with Crippen LogP contribution in [0.2, 0.25) is 0 Å². The van der Waals surface area contributed by atoms with Crippen LogP contribution < -0.4 is 10.6 Å². The highest BCUT2D eigenvalue weighted by Gasteiger charge is 2.41. The maximum absolute atomic E-state index is 4.59. The van der Waals surface area contributed by atoms with Crippen molar-refractivity contribution < 1.29 is 0 Å². The Labute approximate surface area is 122 Å². The second kappa shape index (κ2) is 6.91. The Morgan fingerprint density at radius 1 is 1.05 bits per heavy atom. The molecular weight excluding hydrogens is 248 g/mol. The van der Waals surface area contributed by atoms with Crippen molar-refractivity contribution in [3.8, 4) is 0 Å². The van der Waals surface area contributed by atoms with E-state index in [1.807, 2.05) is 6.07 Å². The van der Waals surface area contributed by atoms with Crippen molar-refractivity contribution in [1.29, 1.82) is 0 Å². The van der Waals surface area contributed by atoms with Gasteiger partial charge in [-0.1, -0.05) is 27.2 Å². The van der Waals surface area contributed by atoms with Gasteiger partial charge in [-0.3, -0.25) is 0 Å². The molecule has 1 saturated carbocycles. The molecule has 20 heavy (non-hydrogen) atoms. The van der Waals surface area contributed by atoms with Gasteiger partial charge in [0.25, 0.3) is 0 Å². The Morgan fingerprint density at radius 3 is 2.30 bits per heavy atom. The number of nitrogens with one attached hydrogen (secondary N) is 2. The van der Waals surface area contributed by atoms with Crippen LogP contribution in [-0.4, -0.2) is 23.1 Å². The van der Waals surface area contributed by atoms with E-state index >= 15 is 0 Å². The van der Waals surface area contributed by atoms with Crippen molar-refractivity contribution in [2.75, 3.05) is 23.7 Å². The number of rotatable bonds is 9. The van der Waals surface area contributed by atoms with Crippen LogP contribution in [0.5, 0.6) is 0 Å². The summed E-state index contributed by atoms with van der Waals surface area (Å²) < 4.78 is 0. The van der Waals surface area contributed by atoms with E-state index in [2.05, 4.69) is 41.4 Å². The number of aromatic nitrogens is 2. The number of aryl methyl sites for hydroxylation is 1. The normalized spacial score (nSPS) is 15.9. The second-order valence-electron chi connectivity index (χ2n) is 5.94. The van der Waals surface area contributed by atoms with Gasteiger partial charge in [0.05, 0.1) is 0 Å². The van der Waals surface area contributed by atoms with Crippen LogP contribution in [0.15, 0.2) is 6.07 Å². The topological polar surface area (TPSA) is 49.8 Å². The summed E-state index contributed by atoms with van der Waals surface area (Å²) in [6.45, 7) is 8.54. The van der Waals surface area contributed by atoms with E-state index in [0.29, 0.717) is 5.41 Å². The van der Waals surface area contributed by atoms with Crippen LogP contribution in [0.3, 0.4) is 0 Å². The molecule has 0 bridgehead atoms. The SMILES string of the molecule is CCCNc1cc(NCC2(CCC)CC2)nc(CC)n1. The number of hydrogen-bond donors (Lipinski definition) is 2. The fraction of sp³-hybridized carbons (Fsp3) is 0.750. The molecule has 0 saturated heterocycles. The molecule has 0 unspecified atom stereocenters. The fourth-order valence-corrected chi connectivity index (χ4v) is 2.59. The number of hydrogen-bond acceptors (Lipinski definition) is 4. The molecule has 1 aromatic heterocycles. The summed E-state index contributed by atoms with van der Waals surface area (Å²) in [4.78, 5) is 9.11. The zero-order valence-electron chi connectivity index (χ0n) is 13.1. The van der Waals surface area contributed by atoms with E-state index in [-0.39, 0.29) is 0 Å². The number of anilines is 2. The zero-order valence-corrected chi connectivity index (χ0v) is 13.1. The smallest absolute Gasteiger partial charge is 0.132 e. The molecule has 2 rings (SSSR count). The molecule has 4 heteroatoms. The maximum atomic E-state index is 4.59. The molecule has 4 nitrogen and oxygen atoms in total. The minimum absolute atomic E-state index is 0.545. The van der Waals surface area contributed by atoms with Gasteiger partial charge in [0.1, 0.15) is 17.5 Å². The van der Waals surface area contributed by atoms with Crippen molar-refractivity contribution in [3.05, 3.63) is 11.9 Å². The highest BCUT2D eigenvalue weighted by Crippen LogP contribution is 2.49. The molecular formula is C16H28N4. The second-order valence-corrected chi connectivity index (χ2v) is 5.94. The van der Waals surface area contributed by atoms with Gasteiger partial charge in [-0.05, 0) is 31.1 Å². The third-order valence-electron chi connectivity index (χ3n) is 4.03. The average Bonchev–Trinajstić information content (AvgIpc) is 3.23. The lowest BCUT2D eigenvalue weighted by Gasteiger charge is -2.16. The van der Waals surface area contributed by atoms with Crippen molar-refractivity contribution in [2.45, 2.75) is 59.3 Å². The third kappa shape index (κ3) is 4.09. The minimum Gasteiger partial charge on any atom is -0.370 e. The first kappa shape index (κ1) is 15.1. The third-order valence-corrected chi connectivity index (χ3v) is 4.03. The Balaban J connectivity index is 1.99. The van der Waals surface area contributed by atoms with Crippen molar-refractivity contribution in [3.63, 3.8) is 0 Å². The van der Waals surface area contributed by atoms with Crippen LogP contribution >= 0.6 is 0 Å². The first-order valence-corrected chi connectivity index (χ1v) is 8.07. The summed E-state index contributed by atoms with van der Waals surface area (Å²) in [5.74, 6) is 2.83. The van der Waals surface area contributed by atoms with E-state index in [9.17, 15) is 0 Å². The molecule has 1 aliphatic carbocycles. The highest BCUT2D eigenvalue weighted by molar-refractivity contribution is 5.47. The van der Waals surface area contributed by atoms with Gasteiger partial charge in [-0.15, -0.1) is 0 Å². The predicted molar refractivity (Wildman–Crippen MR) is 85.3 cm³/mol. The molecule has 0 radical (unpaired) electrons. The van der Waals surface area contributed by atoms with Crippen LogP contribution in [-0.2, 0) is 6.42 Å². The van der Waals surface area contributed by atoms with Gasteiger partial charge in [0.15, 0.2) is 0 Å². The Kier molecular flexibility index (Phi) is 5.21. The van der Waals surface area contributed by atoms with Gasteiger partial charge in [0, 0.05) is 25.6 Å². The van der Waals surface area contributed by atoms with Crippen LogP contribution in [0.4, 0.5) is 11.6 Å². The summed E-state index contributed by atoms with van der Waals surface area (Å²) >= 11 is 0.